The van der Waals surface area contributed by atoms with Gasteiger partial charge in [0.25, 0.3) is 5.69 Å². The van der Waals surface area contributed by atoms with Gasteiger partial charge in [-0.2, -0.15) is 0 Å². The zero-order valence-corrected chi connectivity index (χ0v) is 16.1. The number of hydrogen-bond donors (Lipinski definition) is 0. The summed E-state index contributed by atoms with van der Waals surface area (Å²) in [6.07, 6.45) is 4.64. The van der Waals surface area contributed by atoms with Gasteiger partial charge in [0.1, 0.15) is 0 Å². The fraction of sp³-hybridized carbons (Fsp3) is 0.667. The summed E-state index contributed by atoms with van der Waals surface area (Å²) in [5.41, 5.74) is 1.24. The molecule has 1 heterocycles. The smallest absolute Gasteiger partial charge is 0.270 e. The molecular formula is C18H29N3O3S. The van der Waals surface area contributed by atoms with E-state index in [1.807, 2.05) is 6.07 Å². The Hall–Kier alpha value is -1.31. The van der Waals surface area contributed by atoms with Crippen molar-refractivity contribution in [1.29, 1.82) is 0 Å². The Morgan fingerprint density at radius 1 is 1.20 bits per heavy atom. The second-order valence-electron chi connectivity index (χ2n) is 6.24. The van der Waals surface area contributed by atoms with Gasteiger partial charge in [-0.15, -0.1) is 0 Å². The summed E-state index contributed by atoms with van der Waals surface area (Å²) in [6.45, 7) is 9.44. The Bertz CT molecular complexity index is 550. The van der Waals surface area contributed by atoms with E-state index < -0.39 is 0 Å². The van der Waals surface area contributed by atoms with E-state index in [1.165, 1.54) is 12.8 Å². The van der Waals surface area contributed by atoms with Crippen molar-refractivity contribution in [2.75, 3.05) is 44.3 Å². The monoisotopic (exact) mass is 367 g/mol. The van der Waals surface area contributed by atoms with E-state index in [-0.39, 0.29) is 10.6 Å². The molecule has 0 radical (unpaired) electrons. The van der Waals surface area contributed by atoms with Crippen LogP contribution in [-0.4, -0.2) is 48.6 Å². The standard InChI is InChI=1S/C18H29N3O3S/c1-3-5-6-10-20(9-4-2)25-18-15-16(21(22)23)7-8-17(18)19-11-13-24-14-12-19/h7-8,15H,3-6,9-14H2,1-2H3. The van der Waals surface area contributed by atoms with Crippen molar-refractivity contribution >= 4 is 23.3 Å². The fourth-order valence-electron chi connectivity index (χ4n) is 2.88. The maximum atomic E-state index is 11.2. The average molecular weight is 368 g/mol. The number of nitro groups is 1. The lowest BCUT2D eigenvalue weighted by Gasteiger charge is -2.31. The first-order chi connectivity index (χ1) is 12.2. The quantitative estimate of drug-likeness (QED) is 0.265. The number of rotatable bonds is 10. The minimum atomic E-state index is -0.311. The first-order valence-electron chi connectivity index (χ1n) is 9.19. The van der Waals surface area contributed by atoms with Gasteiger partial charge in [0.2, 0.25) is 0 Å². The van der Waals surface area contributed by atoms with Gasteiger partial charge < -0.3 is 9.64 Å². The first kappa shape index (κ1) is 20.0. The third-order valence-electron chi connectivity index (χ3n) is 4.22. The highest BCUT2D eigenvalue weighted by atomic mass is 32.2. The maximum Gasteiger partial charge on any atom is 0.270 e. The van der Waals surface area contributed by atoms with E-state index >= 15 is 0 Å². The number of nitrogens with zero attached hydrogens (tertiary/aromatic N) is 3. The van der Waals surface area contributed by atoms with Crippen molar-refractivity contribution < 1.29 is 9.66 Å². The molecule has 1 aliphatic heterocycles. The van der Waals surface area contributed by atoms with Crippen LogP contribution in [0.5, 0.6) is 0 Å². The highest BCUT2D eigenvalue weighted by Gasteiger charge is 2.20. The van der Waals surface area contributed by atoms with Gasteiger partial charge in [0.15, 0.2) is 0 Å². The van der Waals surface area contributed by atoms with Gasteiger partial charge in [-0.25, -0.2) is 4.31 Å². The van der Waals surface area contributed by atoms with Gasteiger partial charge in [-0.05, 0) is 30.9 Å². The largest absolute Gasteiger partial charge is 0.378 e. The predicted molar refractivity (Wildman–Crippen MR) is 103 cm³/mol. The lowest BCUT2D eigenvalue weighted by Crippen LogP contribution is -2.36. The van der Waals surface area contributed by atoms with E-state index in [4.69, 9.17) is 4.74 Å². The second kappa shape index (κ2) is 10.6. The van der Waals surface area contributed by atoms with Crippen molar-refractivity contribution in [2.24, 2.45) is 0 Å². The second-order valence-corrected chi connectivity index (χ2v) is 7.37. The minimum absolute atomic E-state index is 0.157. The molecule has 1 aromatic carbocycles. The van der Waals surface area contributed by atoms with Crippen LogP contribution in [0, 0.1) is 10.1 Å². The molecule has 140 valence electrons. The fourth-order valence-corrected chi connectivity index (χ4v) is 4.12. The molecule has 0 atom stereocenters. The molecule has 2 rings (SSSR count). The molecule has 0 spiro atoms. The van der Waals surface area contributed by atoms with Crippen LogP contribution in [0.4, 0.5) is 11.4 Å². The lowest BCUT2D eigenvalue weighted by molar-refractivity contribution is -0.385. The maximum absolute atomic E-state index is 11.2. The zero-order valence-electron chi connectivity index (χ0n) is 15.3. The topological polar surface area (TPSA) is 58.8 Å². The van der Waals surface area contributed by atoms with E-state index in [9.17, 15) is 10.1 Å². The van der Waals surface area contributed by atoms with Crippen molar-refractivity contribution in [2.45, 2.75) is 44.4 Å². The molecule has 0 saturated carbocycles. The summed E-state index contributed by atoms with van der Waals surface area (Å²) in [5, 5.41) is 11.2. The van der Waals surface area contributed by atoms with E-state index in [0.717, 1.165) is 49.6 Å². The Balaban J connectivity index is 2.20. The Morgan fingerprint density at radius 2 is 1.96 bits per heavy atom. The number of non-ortho nitro benzene ring substituents is 1. The molecular weight excluding hydrogens is 338 g/mol. The Kier molecular flexibility index (Phi) is 8.51. The summed E-state index contributed by atoms with van der Waals surface area (Å²) < 4.78 is 7.79. The summed E-state index contributed by atoms with van der Waals surface area (Å²) in [5.74, 6) is 0. The van der Waals surface area contributed by atoms with Gasteiger partial charge in [-0.1, -0.05) is 26.7 Å². The van der Waals surface area contributed by atoms with Crippen LogP contribution in [0.1, 0.15) is 39.5 Å². The van der Waals surface area contributed by atoms with E-state index in [0.29, 0.717) is 13.2 Å². The van der Waals surface area contributed by atoms with Crippen LogP contribution in [0.25, 0.3) is 0 Å². The predicted octanol–water partition coefficient (Wildman–Crippen LogP) is 4.34. The van der Waals surface area contributed by atoms with Crippen LogP contribution in [0.15, 0.2) is 23.1 Å². The minimum Gasteiger partial charge on any atom is -0.378 e. The molecule has 1 aromatic rings. The number of ether oxygens (including phenoxy) is 1. The first-order valence-corrected chi connectivity index (χ1v) is 9.97. The Labute approximate surface area is 154 Å². The molecule has 1 saturated heterocycles. The molecule has 0 aliphatic carbocycles. The normalized spacial score (nSPS) is 14.9. The zero-order chi connectivity index (χ0) is 18.1. The number of hydrogen-bond acceptors (Lipinski definition) is 6. The molecule has 0 aromatic heterocycles. The molecule has 0 amide bonds. The summed E-state index contributed by atoms with van der Waals surface area (Å²) >= 11 is 1.66. The molecule has 1 fully saturated rings. The molecule has 25 heavy (non-hydrogen) atoms. The highest BCUT2D eigenvalue weighted by molar-refractivity contribution is 7.97. The molecule has 7 heteroatoms. The van der Waals surface area contributed by atoms with Crippen LogP contribution >= 0.6 is 11.9 Å². The van der Waals surface area contributed by atoms with Crippen LogP contribution in [0.2, 0.25) is 0 Å². The summed E-state index contributed by atoms with van der Waals surface area (Å²) in [4.78, 5) is 14.1. The number of unbranched alkanes of at least 4 members (excludes halogenated alkanes) is 2. The number of benzene rings is 1. The van der Waals surface area contributed by atoms with Crippen molar-refractivity contribution in [3.8, 4) is 0 Å². The number of morpholine rings is 1. The Morgan fingerprint density at radius 3 is 2.60 bits per heavy atom. The van der Waals surface area contributed by atoms with Gasteiger partial charge in [-0.3, -0.25) is 10.1 Å². The van der Waals surface area contributed by atoms with E-state index in [1.54, 1.807) is 24.1 Å². The van der Waals surface area contributed by atoms with Gasteiger partial charge in [0, 0.05) is 38.3 Å². The van der Waals surface area contributed by atoms with Crippen LogP contribution in [0.3, 0.4) is 0 Å². The lowest BCUT2D eigenvalue weighted by atomic mass is 10.2. The van der Waals surface area contributed by atoms with Crippen LogP contribution in [-0.2, 0) is 4.74 Å². The third-order valence-corrected chi connectivity index (χ3v) is 5.36. The summed E-state index contributed by atoms with van der Waals surface area (Å²) in [7, 11) is 0. The third kappa shape index (κ3) is 6.17. The van der Waals surface area contributed by atoms with Crippen LogP contribution < -0.4 is 4.90 Å². The molecule has 0 bridgehead atoms. The summed E-state index contributed by atoms with van der Waals surface area (Å²) in [6, 6.07) is 5.22. The van der Waals surface area contributed by atoms with Crippen molar-refractivity contribution in [3.05, 3.63) is 28.3 Å². The van der Waals surface area contributed by atoms with Gasteiger partial charge in [0.05, 0.1) is 28.7 Å². The van der Waals surface area contributed by atoms with Crippen molar-refractivity contribution in [3.63, 3.8) is 0 Å². The molecule has 0 unspecified atom stereocenters. The number of anilines is 1. The molecule has 1 aliphatic rings. The highest BCUT2D eigenvalue weighted by Crippen LogP contribution is 2.36. The van der Waals surface area contributed by atoms with E-state index in [2.05, 4.69) is 23.1 Å². The average Bonchev–Trinajstić information content (AvgIpc) is 2.62. The SMILES string of the molecule is CCCCCN(CCC)Sc1cc([N+](=O)[O-])ccc1N1CCOCC1. The molecule has 6 nitrogen and oxygen atoms in total. The van der Waals surface area contributed by atoms with Gasteiger partial charge >= 0.3 is 0 Å². The van der Waals surface area contributed by atoms with Crippen molar-refractivity contribution in [1.82, 2.24) is 4.31 Å². The molecule has 0 N–H and O–H groups in total. The number of nitro benzene ring substituents is 1.